The van der Waals surface area contributed by atoms with Gasteiger partial charge in [0.1, 0.15) is 28.2 Å². The second-order valence-corrected chi connectivity index (χ2v) is 8.05. The van der Waals surface area contributed by atoms with Gasteiger partial charge in [-0.25, -0.2) is 8.78 Å². The first-order valence-electron chi connectivity index (χ1n) is 9.07. The van der Waals surface area contributed by atoms with Gasteiger partial charge in [-0.3, -0.25) is 19.3 Å². The van der Waals surface area contributed by atoms with Gasteiger partial charge in [0.05, 0.1) is 17.7 Å². The maximum atomic E-state index is 13.6. The maximum Gasteiger partial charge on any atom is 0.326 e. The van der Waals surface area contributed by atoms with E-state index in [-0.39, 0.29) is 10.0 Å². The van der Waals surface area contributed by atoms with Crippen molar-refractivity contribution in [3.05, 3.63) is 64.6 Å². The van der Waals surface area contributed by atoms with E-state index in [2.05, 4.69) is 5.32 Å². The number of thiocarbonyl (C=S) groups is 1. The minimum atomic E-state index is -0.967. The van der Waals surface area contributed by atoms with E-state index in [4.69, 9.17) is 21.7 Å². The van der Waals surface area contributed by atoms with Crippen molar-refractivity contribution < 1.29 is 32.6 Å². The molecule has 2 aromatic carbocycles. The number of hydrogen-bond donors (Lipinski definition) is 1. The SMILES string of the molecule is COc1ccc(/C=C2\SC(=S)N(CC(=O)OCC(=O)Nc3ccc(F)cc3F)C2=O)cc1. The number of nitrogens with zero attached hydrogens (tertiary/aromatic N) is 1. The molecule has 0 radical (unpaired) electrons. The lowest BCUT2D eigenvalue weighted by molar-refractivity contribution is -0.148. The van der Waals surface area contributed by atoms with Crippen LogP contribution in [0.5, 0.6) is 5.75 Å². The summed E-state index contributed by atoms with van der Waals surface area (Å²) in [6.07, 6.45) is 1.63. The van der Waals surface area contributed by atoms with Gasteiger partial charge in [0, 0.05) is 6.07 Å². The van der Waals surface area contributed by atoms with Gasteiger partial charge < -0.3 is 14.8 Å². The molecule has 0 unspecified atom stereocenters. The molecule has 7 nitrogen and oxygen atoms in total. The van der Waals surface area contributed by atoms with E-state index in [0.717, 1.165) is 34.4 Å². The number of carbonyl (C=O) groups excluding carboxylic acids is 3. The zero-order valence-corrected chi connectivity index (χ0v) is 18.2. The highest BCUT2D eigenvalue weighted by Gasteiger charge is 2.33. The van der Waals surface area contributed by atoms with E-state index in [1.165, 1.54) is 0 Å². The number of rotatable bonds is 7. The van der Waals surface area contributed by atoms with Gasteiger partial charge in [0.25, 0.3) is 11.8 Å². The monoisotopic (exact) mass is 478 g/mol. The van der Waals surface area contributed by atoms with E-state index < -0.39 is 42.6 Å². The highest BCUT2D eigenvalue weighted by atomic mass is 32.2. The van der Waals surface area contributed by atoms with Crippen molar-refractivity contribution in [3.63, 3.8) is 0 Å². The summed E-state index contributed by atoms with van der Waals surface area (Å²) in [5, 5.41) is 2.16. The summed E-state index contributed by atoms with van der Waals surface area (Å²) in [6, 6.07) is 9.64. The molecule has 0 aromatic heterocycles. The van der Waals surface area contributed by atoms with Crippen LogP contribution in [-0.2, 0) is 19.1 Å². The number of anilines is 1. The summed E-state index contributed by atoms with van der Waals surface area (Å²) in [6.45, 7) is -1.20. The van der Waals surface area contributed by atoms with E-state index in [9.17, 15) is 23.2 Å². The van der Waals surface area contributed by atoms with Crippen LogP contribution >= 0.6 is 24.0 Å². The highest BCUT2D eigenvalue weighted by molar-refractivity contribution is 8.26. The fourth-order valence-electron chi connectivity index (χ4n) is 2.59. The Morgan fingerprint density at radius 3 is 2.56 bits per heavy atom. The molecule has 32 heavy (non-hydrogen) atoms. The van der Waals surface area contributed by atoms with Crippen LogP contribution in [0.3, 0.4) is 0 Å². The van der Waals surface area contributed by atoms with Gasteiger partial charge >= 0.3 is 5.97 Å². The topological polar surface area (TPSA) is 84.9 Å². The van der Waals surface area contributed by atoms with E-state index in [1.807, 2.05) is 0 Å². The summed E-state index contributed by atoms with van der Waals surface area (Å²) in [5.74, 6) is -3.26. The molecule has 3 rings (SSSR count). The lowest BCUT2D eigenvalue weighted by atomic mass is 10.2. The normalized spacial score (nSPS) is 14.6. The van der Waals surface area contributed by atoms with Crippen LogP contribution in [0.15, 0.2) is 47.4 Å². The van der Waals surface area contributed by atoms with Crippen LogP contribution in [0.4, 0.5) is 14.5 Å². The highest BCUT2D eigenvalue weighted by Crippen LogP contribution is 2.32. The van der Waals surface area contributed by atoms with Gasteiger partial charge in [-0.2, -0.15) is 0 Å². The molecule has 2 amide bonds. The molecule has 1 saturated heterocycles. The number of amides is 2. The number of halogens is 2. The third-order valence-corrected chi connectivity index (χ3v) is 5.52. The summed E-state index contributed by atoms with van der Waals surface area (Å²) in [4.78, 5) is 37.9. The molecule has 1 heterocycles. The number of hydrogen-bond acceptors (Lipinski definition) is 7. The fraction of sp³-hybridized carbons (Fsp3) is 0.143. The number of ether oxygens (including phenoxy) is 2. The van der Waals surface area contributed by atoms with Crippen molar-refractivity contribution in [2.75, 3.05) is 25.6 Å². The van der Waals surface area contributed by atoms with Gasteiger partial charge in [0.2, 0.25) is 0 Å². The third-order valence-electron chi connectivity index (χ3n) is 4.14. The fourth-order valence-corrected chi connectivity index (χ4v) is 3.84. The van der Waals surface area contributed by atoms with Crippen molar-refractivity contribution >= 4 is 57.8 Å². The lowest BCUT2D eigenvalue weighted by Crippen LogP contribution is -2.35. The molecule has 1 aliphatic heterocycles. The maximum absolute atomic E-state index is 13.6. The van der Waals surface area contributed by atoms with Crippen molar-refractivity contribution in [2.24, 2.45) is 0 Å². The number of nitrogens with one attached hydrogen (secondary N) is 1. The minimum Gasteiger partial charge on any atom is -0.497 e. The first-order valence-corrected chi connectivity index (χ1v) is 10.3. The second-order valence-electron chi connectivity index (χ2n) is 6.37. The van der Waals surface area contributed by atoms with Gasteiger partial charge in [-0.1, -0.05) is 36.1 Å². The molecule has 0 saturated carbocycles. The van der Waals surface area contributed by atoms with E-state index >= 15 is 0 Å². The van der Waals surface area contributed by atoms with Crippen molar-refractivity contribution in [1.29, 1.82) is 0 Å². The molecule has 0 bridgehead atoms. The second kappa shape index (κ2) is 10.3. The average molecular weight is 478 g/mol. The molecule has 1 aliphatic rings. The Morgan fingerprint density at radius 1 is 1.19 bits per heavy atom. The molecule has 0 spiro atoms. The summed E-state index contributed by atoms with van der Waals surface area (Å²) in [7, 11) is 1.55. The number of carbonyl (C=O) groups is 3. The average Bonchev–Trinajstić information content (AvgIpc) is 3.02. The van der Waals surface area contributed by atoms with Crippen LogP contribution in [0.2, 0.25) is 0 Å². The summed E-state index contributed by atoms with van der Waals surface area (Å²) < 4.78 is 36.6. The zero-order valence-electron chi connectivity index (χ0n) is 16.6. The Kier molecular flexibility index (Phi) is 7.54. The molecule has 1 fully saturated rings. The predicted molar refractivity (Wildman–Crippen MR) is 119 cm³/mol. The Hall–Kier alpha value is -3.31. The van der Waals surface area contributed by atoms with Gasteiger partial charge in [-0.05, 0) is 35.9 Å². The standard InChI is InChI=1S/C21H16F2N2O5S2/c1-29-14-5-2-12(3-6-14)8-17-20(28)25(21(31)32-17)10-19(27)30-11-18(26)24-16-7-4-13(22)9-15(16)23/h2-9H,10-11H2,1H3,(H,24,26)/b17-8-. The summed E-state index contributed by atoms with van der Waals surface area (Å²) >= 11 is 6.20. The van der Waals surface area contributed by atoms with E-state index in [1.54, 1.807) is 37.5 Å². The Balaban J connectivity index is 1.54. The lowest BCUT2D eigenvalue weighted by Gasteiger charge is -2.13. The van der Waals surface area contributed by atoms with Crippen molar-refractivity contribution in [3.8, 4) is 5.75 Å². The first-order chi connectivity index (χ1) is 15.3. The van der Waals surface area contributed by atoms with E-state index in [0.29, 0.717) is 16.7 Å². The summed E-state index contributed by atoms with van der Waals surface area (Å²) in [5.41, 5.74) is 0.492. The van der Waals surface area contributed by atoms with Crippen LogP contribution in [0, 0.1) is 11.6 Å². The Morgan fingerprint density at radius 2 is 1.91 bits per heavy atom. The quantitative estimate of drug-likeness (QED) is 0.371. The van der Waals surface area contributed by atoms with Crippen molar-refractivity contribution in [2.45, 2.75) is 0 Å². The van der Waals surface area contributed by atoms with Crippen LogP contribution in [0.1, 0.15) is 5.56 Å². The molecule has 11 heteroatoms. The number of methoxy groups -OCH3 is 1. The predicted octanol–water partition coefficient (Wildman–Crippen LogP) is 3.36. The zero-order chi connectivity index (χ0) is 23.3. The molecule has 166 valence electrons. The van der Waals surface area contributed by atoms with Gasteiger partial charge in [-0.15, -0.1) is 0 Å². The molecule has 1 N–H and O–H groups in total. The molecule has 0 aliphatic carbocycles. The first kappa shape index (κ1) is 23.4. The van der Waals surface area contributed by atoms with Gasteiger partial charge in [0.15, 0.2) is 6.61 Å². The number of thioether (sulfide) groups is 1. The van der Waals surface area contributed by atoms with Crippen LogP contribution in [-0.4, -0.2) is 47.3 Å². The molecule has 2 aromatic rings. The smallest absolute Gasteiger partial charge is 0.326 e. The Labute approximate surface area is 191 Å². The number of esters is 1. The van der Waals surface area contributed by atoms with Crippen LogP contribution < -0.4 is 10.1 Å². The molecular weight excluding hydrogens is 462 g/mol. The van der Waals surface area contributed by atoms with Crippen LogP contribution in [0.25, 0.3) is 6.08 Å². The molecular formula is C21H16F2N2O5S2. The Bertz CT molecular complexity index is 1110. The number of benzene rings is 2. The van der Waals surface area contributed by atoms with Crippen molar-refractivity contribution in [1.82, 2.24) is 4.90 Å². The largest absolute Gasteiger partial charge is 0.497 e. The molecule has 0 atom stereocenters. The minimum absolute atomic E-state index is 0.171. The third kappa shape index (κ3) is 5.89.